The summed E-state index contributed by atoms with van der Waals surface area (Å²) >= 11 is 6.24. The second-order valence-corrected chi connectivity index (χ2v) is 5.51. The van der Waals surface area contributed by atoms with Gasteiger partial charge in [0.15, 0.2) is 11.5 Å². The standard InChI is InChI=1S/C18H20ClNO4/c1-3-24-17-14(19)9-12(10-15(17)23-2)11-20-16(18(21)22)13-7-5-4-6-8-13/h4-10,16,20H,3,11H2,1-2H3,(H,21,22)/t16-/m1/s1. The molecule has 0 saturated carbocycles. The second-order valence-electron chi connectivity index (χ2n) is 5.10. The van der Waals surface area contributed by atoms with E-state index in [1.807, 2.05) is 25.1 Å². The van der Waals surface area contributed by atoms with Crippen molar-refractivity contribution in [3.63, 3.8) is 0 Å². The van der Waals surface area contributed by atoms with Gasteiger partial charge in [0.25, 0.3) is 0 Å². The molecule has 0 aliphatic heterocycles. The summed E-state index contributed by atoms with van der Waals surface area (Å²) in [6.45, 7) is 2.67. The van der Waals surface area contributed by atoms with Crippen LogP contribution in [0.2, 0.25) is 5.02 Å². The fourth-order valence-electron chi connectivity index (χ4n) is 2.37. The van der Waals surface area contributed by atoms with Crippen molar-refractivity contribution >= 4 is 17.6 Å². The van der Waals surface area contributed by atoms with Crippen LogP contribution in [0.3, 0.4) is 0 Å². The molecule has 2 aromatic carbocycles. The van der Waals surface area contributed by atoms with Crippen molar-refractivity contribution in [1.82, 2.24) is 5.32 Å². The molecule has 0 radical (unpaired) electrons. The number of carboxylic acid groups (broad SMARTS) is 1. The zero-order valence-corrected chi connectivity index (χ0v) is 14.3. The molecule has 24 heavy (non-hydrogen) atoms. The largest absolute Gasteiger partial charge is 0.493 e. The lowest BCUT2D eigenvalue weighted by Gasteiger charge is -2.17. The number of hydrogen-bond acceptors (Lipinski definition) is 4. The van der Waals surface area contributed by atoms with Gasteiger partial charge in [-0.3, -0.25) is 10.1 Å². The van der Waals surface area contributed by atoms with Gasteiger partial charge in [0, 0.05) is 6.54 Å². The Hall–Kier alpha value is -2.24. The van der Waals surface area contributed by atoms with Crippen LogP contribution in [0.4, 0.5) is 0 Å². The Kier molecular flexibility index (Phi) is 6.46. The van der Waals surface area contributed by atoms with Gasteiger partial charge in [0.2, 0.25) is 0 Å². The van der Waals surface area contributed by atoms with E-state index in [0.29, 0.717) is 35.2 Å². The maximum Gasteiger partial charge on any atom is 0.325 e. The number of carbonyl (C=O) groups is 1. The molecule has 0 spiro atoms. The fourth-order valence-corrected chi connectivity index (χ4v) is 2.66. The van der Waals surface area contributed by atoms with E-state index in [2.05, 4.69) is 5.32 Å². The molecule has 5 nitrogen and oxygen atoms in total. The molecule has 0 aromatic heterocycles. The Labute approximate surface area is 146 Å². The van der Waals surface area contributed by atoms with E-state index in [1.54, 1.807) is 24.3 Å². The highest BCUT2D eigenvalue weighted by atomic mass is 35.5. The summed E-state index contributed by atoms with van der Waals surface area (Å²) in [6.07, 6.45) is 0. The van der Waals surface area contributed by atoms with E-state index in [0.717, 1.165) is 5.56 Å². The molecular weight excluding hydrogens is 330 g/mol. The average molecular weight is 350 g/mol. The Morgan fingerprint density at radius 3 is 2.58 bits per heavy atom. The van der Waals surface area contributed by atoms with Crippen LogP contribution in [-0.4, -0.2) is 24.8 Å². The lowest BCUT2D eigenvalue weighted by atomic mass is 10.1. The molecule has 0 saturated heterocycles. The first-order valence-electron chi connectivity index (χ1n) is 7.57. The van der Waals surface area contributed by atoms with Crippen molar-refractivity contribution in [3.8, 4) is 11.5 Å². The first-order chi connectivity index (χ1) is 11.6. The number of carboxylic acids is 1. The smallest absolute Gasteiger partial charge is 0.325 e. The van der Waals surface area contributed by atoms with Crippen LogP contribution >= 0.6 is 11.6 Å². The monoisotopic (exact) mass is 349 g/mol. The van der Waals surface area contributed by atoms with Crippen molar-refractivity contribution in [1.29, 1.82) is 0 Å². The molecule has 0 amide bonds. The molecule has 1 atom stereocenters. The van der Waals surface area contributed by atoms with Gasteiger partial charge in [-0.2, -0.15) is 0 Å². The van der Waals surface area contributed by atoms with Crippen LogP contribution in [-0.2, 0) is 11.3 Å². The highest BCUT2D eigenvalue weighted by molar-refractivity contribution is 6.32. The molecule has 0 fully saturated rings. The summed E-state index contributed by atoms with van der Waals surface area (Å²) in [7, 11) is 1.54. The molecular formula is C18H20ClNO4. The first kappa shape index (κ1) is 18.1. The van der Waals surface area contributed by atoms with Crippen LogP contribution in [0, 0.1) is 0 Å². The third-order valence-corrected chi connectivity index (χ3v) is 3.75. The predicted octanol–water partition coefficient (Wildman–Crippen LogP) is 3.66. The van der Waals surface area contributed by atoms with Crippen LogP contribution in [0.1, 0.15) is 24.1 Å². The first-order valence-corrected chi connectivity index (χ1v) is 7.95. The summed E-state index contributed by atoms with van der Waals surface area (Å²) in [4.78, 5) is 11.5. The second kappa shape index (κ2) is 8.57. The van der Waals surface area contributed by atoms with E-state index >= 15 is 0 Å². The SMILES string of the molecule is CCOc1c(Cl)cc(CN[C@@H](C(=O)O)c2ccccc2)cc1OC. The summed E-state index contributed by atoms with van der Waals surface area (Å²) in [5.41, 5.74) is 1.50. The van der Waals surface area contributed by atoms with Crippen LogP contribution < -0.4 is 14.8 Å². The average Bonchev–Trinajstić information content (AvgIpc) is 2.58. The topological polar surface area (TPSA) is 67.8 Å². The quantitative estimate of drug-likeness (QED) is 0.761. The molecule has 0 aliphatic carbocycles. The molecule has 2 N–H and O–H groups in total. The summed E-state index contributed by atoms with van der Waals surface area (Å²) < 4.78 is 10.8. The summed E-state index contributed by atoms with van der Waals surface area (Å²) in [5, 5.41) is 12.9. The van der Waals surface area contributed by atoms with Gasteiger partial charge < -0.3 is 14.6 Å². The van der Waals surface area contributed by atoms with Gasteiger partial charge in [-0.15, -0.1) is 0 Å². The van der Waals surface area contributed by atoms with Crippen LogP contribution in [0.5, 0.6) is 11.5 Å². The molecule has 0 bridgehead atoms. The number of halogens is 1. The number of nitrogens with one attached hydrogen (secondary N) is 1. The lowest BCUT2D eigenvalue weighted by Crippen LogP contribution is -2.28. The molecule has 128 valence electrons. The zero-order valence-electron chi connectivity index (χ0n) is 13.6. The van der Waals surface area contributed by atoms with Gasteiger partial charge in [-0.25, -0.2) is 0 Å². The van der Waals surface area contributed by atoms with Crippen molar-refractivity contribution in [3.05, 3.63) is 58.6 Å². The van der Waals surface area contributed by atoms with E-state index < -0.39 is 12.0 Å². The third kappa shape index (κ3) is 4.40. The predicted molar refractivity (Wildman–Crippen MR) is 92.8 cm³/mol. The van der Waals surface area contributed by atoms with E-state index in [4.69, 9.17) is 21.1 Å². The number of ether oxygens (including phenoxy) is 2. The summed E-state index contributed by atoms with van der Waals surface area (Å²) in [5.74, 6) is 0.0706. The number of hydrogen-bond donors (Lipinski definition) is 2. The van der Waals surface area contributed by atoms with Gasteiger partial charge in [-0.05, 0) is 30.2 Å². The Bertz CT molecular complexity index is 691. The highest BCUT2D eigenvalue weighted by Crippen LogP contribution is 2.36. The van der Waals surface area contributed by atoms with Crippen molar-refractivity contribution in [2.45, 2.75) is 19.5 Å². The normalized spacial score (nSPS) is 11.8. The van der Waals surface area contributed by atoms with Crippen molar-refractivity contribution < 1.29 is 19.4 Å². The highest BCUT2D eigenvalue weighted by Gasteiger charge is 2.19. The minimum absolute atomic E-state index is 0.328. The van der Waals surface area contributed by atoms with E-state index in [-0.39, 0.29) is 0 Å². The fraction of sp³-hybridized carbons (Fsp3) is 0.278. The lowest BCUT2D eigenvalue weighted by molar-refractivity contribution is -0.139. The number of aliphatic carboxylic acids is 1. The van der Waals surface area contributed by atoms with Gasteiger partial charge >= 0.3 is 5.97 Å². The van der Waals surface area contributed by atoms with Crippen LogP contribution in [0.25, 0.3) is 0 Å². The Balaban J connectivity index is 2.18. The number of rotatable bonds is 8. The Morgan fingerprint density at radius 1 is 1.29 bits per heavy atom. The summed E-state index contributed by atoms with van der Waals surface area (Å²) in [6, 6.07) is 11.7. The maximum absolute atomic E-state index is 11.5. The third-order valence-electron chi connectivity index (χ3n) is 3.47. The van der Waals surface area contributed by atoms with Crippen molar-refractivity contribution in [2.24, 2.45) is 0 Å². The van der Waals surface area contributed by atoms with E-state index in [9.17, 15) is 9.90 Å². The van der Waals surface area contributed by atoms with Crippen molar-refractivity contribution in [2.75, 3.05) is 13.7 Å². The Morgan fingerprint density at radius 2 is 2.00 bits per heavy atom. The van der Waals surface area contributed by atoms with Gasteiger partial charge in [-0.1, -0.05) is 41.9 Å². The molecule has 6 heteroatoms. The molecule has 0 heterocycles. The molecule has 0 unspecified atom stereocenters. The van der Waals surface area contributed by atoms with Crippen LogP contribution in [0.15, 0.2) is 42.5 Å². The minimum Gasteiger partial charge on any atom is -0.493 e. The number of methoxy groups -OCH3 is 1. The molecule has 2 rings (SSSR count). The van der Waals surface area contributed by atoms with Gasteiger partial charge in [0.05, 0.1) is 18.7 Å². The minimum atomic E-state index is -0.940. The van der Waals surface area contributed by atoms with E-state index in [1.165, 1.54) is 7.11 Å². The zero-order chi connectivity index (χ0) is 17.5. The molecule has 0 aliphatic rings. The molecule has 2 aromatic rings. The number of benzene rings is 2. The maximum atomic E-state index is 11.5. The van der Waals surface area contributed by atoms with Gasteiger partial charge in [0.1, 0.15) is 6.04 Å².